The van der Waals surface area contributed by atoms with Crippen LogP contribution in [-0.4, -0.2) is 19.5 Å². The summed E-state index contributed by atoms with van der Waals surface area (Å²) in [6, 6.07) is 11.1. The molecule has 0 unspecified atom stereocenters. The monoisotopic (exact) mass is 398 g/mol. The van der Waals surface area contributed by atoms with E-state index in [9.17, 15) is 8.78 Å². The van der Waals surface area contributed by atoms with Crippen LogP contribution < -0.4 is 0 Å². The van der Waals surface area contributed by atoms with Crippen LogP contribution >= 0.6 is 11.6 Å². The van der Waals surface area contributed by atoms with E-state index in [1.165, 1.54) is 24.4 Å². The van der Waals surface area contributed by atoms with Gasteiger partial charge in [-0.05, 0) is 30.7 Å². The molecule has 0 saturated heterocycles. The third kappa shape index (κ3) is 3.24. The predicted molar refractivity (Wildman–Crippen MR) is 106 cm³/mol. The summed E-state index contributed by atoms with van der Waals surface area (Å²) >= 11 is 6.37. The largest absolute Gasteiger partial charge is 0.309 e. The second-order valence-corrected chi connectivity index (χ2v) is 6.83. The highest BCUT2D eigenvalue weighted by molar-refractivity contribution is 6.33. The summed E-state index contributed by atoms with van der Waals surface area (Å²) in [5, 5.41) is 0.573. The highest BCUT2D eigenvalue weighted by atomic mass is 35.5. The molecule has 7 heteroatoms. The first-order valence-electron chi connectivity index (χ1n) is 9.02. The first-order chi connectivity index (χ1) is 13.6. The van der Waals surface area contributed by atoms with Crippen LogP contribution in [0.3, 0.4) is 0 Å². The number of nitrogens with zero attached hydrogens (tertiary/aromatic N) is 4. The van der Waals surface area contributed by atoms with E-state index in [1.54, 1.807) is 6.07 Å². The zero-order chi connectivity index (χ0) is 19.7. The van der Waals surface area contributed by atoms with Gasteiger partial charge in [0.1, 0.15) is 23.0 Å². The maximum Gasteiger partial charge on any atom is 0.167 e. The molecule has 4 aromatic rings. The minimum Gasteiger partial charge on any atom is -0.309 e. The zero-order valence-corrected chi connectivity index (χ0v) is 15.9. The van der Waals surface area contributed by atoms with Gasteiger partial charge in [0.2, 0.25) is 0 Å². The van der Waals surface area contributed by atoms with E-state index in [2.05, 4.69) is 21.9 Å². The summed E-state index contributed by atoms with van der Waals surface area (Å²) in [6.07, 6.45) is 3.37. The molecule has 0 spiro atoms. The van der Waals surface area contributed by atoms with E-state index in [-0.39, 0.29) is 11.4 Å². The molecule has 0 bridgehead atoms. The lowest BCUT2D eigenvalue weighted by atomic mass is 10.2. The maximum atomic E-state index is 14.2. The van der Waals surface area contributed by atoms with Crippen molar-refractivity contribution in [3.63, 3.8) is 0 Å². The van der Waals surface area contributed by atoms with Crippen molar-refractivity contribution >= 4 is 22.8 Å². The highest BCUT2D eigenvalue weighted by Crippen LogP contribution is 2.31. The smallest absolute Gasteiger partial charge is 0.167 e. The fourth-order valence-corrected chi connectivity index (χ4v) is 3.35. The fraction of sp³-hybridized carbons (Fsp3) is 0.190. The van der Waals surface area contributed by atoms with Crippen molar-refractivity contribution in [2.24, 2.45) is 0 Å². The Kier molecular flexibility index (Phi) is 5.05. The molecule has 2 aromatic heterocycles. The molecule has 0 aliphatic heterocycles. The first kappa shape index (κ1) is 18.5. The van der Waals surface area contributed by atoms with Crippen LogP contribution in [0, 0.1) is 11.6 Å². The number of hydrogen-bond donors (Lipinski definition) is 0. The van der Waals surface area contributed by atoms with Gasteiger partial charge in [-0.15, -0.1) is 0 Å². The lowest BCUT2D eigenvalue weighted by Gasteiger charge is -2.10. The predicted octanol–water partition coefficient (Wildman–Crippen LogP) is 5.89. The number of fused-ring (bicyclic) bond motifs is 1. The Hall–Kier alpha value is -2.86. The standard InChI is InChI=1S/C21H17ClF2N4/c1-2-3-11-28-20(13-7-4-5-8-14(13)22)26-17-12-25-19(27-21(17)28)18-15(23)9-6-10-16(18)24/h4-10,12H,2-3,11H2,1H3. The van der Waals surface area contributed by atoms with E-state index in [0.29, 0.717) is 28.6 Å². The number of halogens is 3. The van der Waals surface area contributed by atoms with Gasteiger partial charge in [0, 0.05) is 12.1 Å². The molecule has 142 valence electrons. The lowest BCUT2D eigenvalue weighted by Crippen LogP contribution is -2.03. The molecule has 0 amide bonds. The number of hydrogen-bond acceptors (Lipinski definition) is 3. The third-order valence-corrected chi connectivity index (χ3v) is 4.85. The van der Waals surface area contributed by atoms with Gasteiger partial charge in [-0.25, -0.2) is 23.7 Å². The Morgan fingerprint density at radius 3 is 2.46 bits per heavy atom. The molecule has 0 saturated carbocycles. The second kappa shape index (κ2) is 7.64. The molecule has 0 radical (unpaired) electrons. The number of imidazole rings is 1. The molecular weight excluding hydrogens is 382 g/mol. The van der Waals surface area contributed by atoms with Crippen LogP contribution in [0.25, 0.3) is 33.9 Å². The molecule has 0 atom stereocenters. The Morgan fingerprint density at radius 2 is 1.75 bits per heavy atom. The van der Waals surface area contributed by atoms with Gasteiger partial charge in [0.25, 0.3) is 0 Å². The van der Waals surface area contributed by atoms with Crippen LogP contribution in [0.1, 0.15) is 19.8 Å². The van der Waals surface area contributed by atoms with Gasteiger partial charge in [0.05, 0.1) is 16.8 Å². The van der Waals surface area contributed by atoms with E-state index >= 15 is 0 Å². The van der Waals surface area contributed by atoms with Crippen molar-refractivity contribution in [1.29, 1.82) is 0 Å². The normalized spacial score (nSPS) is 11.3. The van der Waals surface area contributed by atoms with E-state index < -0.39 is 11.6 Å². The van der Waals surface area contributed by atoms with Crippen molar-refractivity contribution in [1.82, 2.24) is 19.5 Å². The summed E-state index contributed by atoms with van der Waals surface area (Å²) in [5.74, 6) is -0.753. The number of unbranched alkanes of at least 4 members (excludes halogenated alkanes) is 1. The molecule has 4 rings (SSSR count). The summed E-state index contributed by atoms with van der Waals surface area (Å²) in [7, 11) is 0. The van der Waals surface area contributed by atoms with Crippen molar-refractivity contribution in [2.75, 3.05) is 0 Å². The third-order valence-electron chi connectivity index (χ3n) is 4.52. The van der Waals surface area contributed by atoms with Crippen LogP contribution in [0.5, 0.6) is 0 Å². The van der Waals surface area contributed by atoms with Gasteiger partial charge >= 0.3 is 0 Å². The minimum absolute atomic E-state index is 0.00791. The number of aryl methyl sites for hydroxylation is 1. The zero-order valence-electron chi connectivity index (χ0n) is 15.2. The Balaban J connectivity index is 1.95. The molecular formula is C21H17ClF2N4. The van der Waals surface area contributed by atoms with Gasteiger partial charge in [-0.3, -0.25) is 0 Å². The Morgan fingerprint density at radius 1 is 1.00 bits per heavy atom. The van der Waals surface area contributed by atoms with Crippen LogP contribution in [0.2, 0.25) is 5.02 Å². The van der Waals surface area contributed by atoms with E-state index in [1.807, 2.05) is 22.8 Å². The van der Waals surface area contributed by atoms with Gasteiger partial charge in [-0.1, -0.05) is 43.1 Å². The molecule has 2 heterocycles. The summed E-state index contributed by atoms with van der Waals surface area (Å²) < 4.78 is 30.3. The summed E-state index contributed by atoms with van der Waals surface area (Å²) in [6.45, 7) is 2.74. The molecule has 0 aliphatic carbocycles. The van der Waals surface area contributed by atoms with E-state index in [0.717, 1.165) is 18.4 Å². The van der Waals surface area contributed by atoms with Crippen LogP contribution in [-0.2, 0) is 6.54 Å². The average molecular weight is 399 g/mol. The van der Waals surface area contributed by atoms with Gasteiger partial charge in [-0.2, -0.15) is 0 Å². The summed E-state index contributed by atoms with van der Waals surface area (Å²) in [4.78, 5) is 13.3. The van der Waals surface area contributed by atoms with Crippen LogP contribution in [0.15, 0.2) is 48.7 Å². The molecule has 4 nitrogen and oxygen atoms in total. The molecule has 2 aromatic carbocycles. The fourth-order valence-electron chi connectivity index (χ4n) is 3.13. The lowest BCUT2D eigenvalue weighted by molar-refractivity contribution is 0.587. The number of rotatable bonds is 5. The van der Waals surface area contributed by atoms with E-state index in [4.69, 9.17) is 11.6 Å². The SMILES string of the molecule is CCCCn1c(-c2ccccc2Cl)nc2cnc(-c3c(F)cccc3F)nc21. The molecule has 0 aliphatic rings. The maximum absolute atomic E-state index is 14.2. The van der Waals surface area contributed by atoms with Crippen molar-refractivity contribution in [3.05, 3.63) is 65.3 Å². The summed E-state index contributed by atoms with van der Waals surface area (Å²) in [5.41, 5.74) is 1.60. The van der Waals surface area contributed by atoms with Crippen molar-refractivity contribution < 1.29 is 8.78 Å². The highest BCUT2D eigenvalue weighted by Gasteiger charge is 2.19. The minimum atomic E-state index is -0.703. The second-order valence-electron chi connectivity index (χ2n) is 6.42. The molecule has 28 heavy (non-hydrogen) atoms. The first-order valence-corrected chi connectivity index (χ1v) is 9.40. The average Bonchev–Trinajstić information content (AvgIpc) is 3.04. The topological polar surface area (TPSA) is 43.6 Å². The van der Waals surface area contributed by atoms with Crippen LogP contribution in [0.4, 0.5) is 8.78 Å². The Labute approximate surface area is 165 Å². The van der Waals surface area contributed by atoms with Crippen molar-refractivity contribution in [3.8, 4) is 22.8 Å². The number of benzene rings is 2. The quantitative estimate of drug-likeness (QED) is 0.421. The molecule has 0 N–H and O–H groups in total. The molecule has 0 fully saturated rings. The van der Waals surface area contributed by atoms with Gasteiger partial charge in [0.15, 0.2) is 11.5 Å². The van der Waals surface area contributed by atoms with Crippen molar-refractivity contribution in [2.45, 2.75) is 26.3 Å². The van der Waals surface area contributed by atoms with Gasteiger partial charge < -0.3 is 4.57 Å². The Bertz CT molecular complexity index is 1140. The number of aromatic nitrogens is 4.